The second kappa shape index (κ2) is 5.40. The maximum absolute atomic E-state index is 11.1. The summed E-state index contributed by atoms with van der Waals surface area (Å²) >= 11 is 0. The minimum absolute atomic E-state index is 0.273. The quantitative estimate of drug-likeness (QED) is 0.797. The van der Waals surface area contributed by atoms with E-state index in [-0.39, 0.29) is 5.56 Å². The Bertz CT molecular complexity index is 791. The highest BCUT2D eigenvalue weighted by Crippen LogP contribution is 2.20. The van der Waals surface area contributed by atoms with Gasteiger partial charge in [0.25, 0.3) is 0 Å². The largest absolute Gasteiger partial charge is 0.478 e. The van der Waals surface area contributed by atoms with Crippen molar-refractivity contribution in [2.45, 2.75) is 19.9 Å². The zero-order valence-electron chi connectivity index (χ0n) is 11.8. The molecule has 21 heavy (non-hydrogen) atoms. The Morgan fingerprint density at radius 2 is 1.95 bits per heavy atom. The third kappa shape index (κ3) is 2.52. The molecule has 0 fully saturated rings. The van der Waals surface area contributed by atoms with Crippen LogP contribution in [0.3, 0.4) is 0 Å². The van der Waals surface area contributed by atoms with Crippen LogP contribution in [0, 0.1) is 0 Å². The average Bonchev–Trinajstić information content (AvgIpc) is 2.85. The molecule has 0 spiro atoms. The van der Waals surface area contributed by atoms with Crippen LogP contribution >= 0.6 is 0 Å². The molecule has 0 aliphatic heterocycles. The normalized spacial score (nSPS) is 10.9. The van der Waals surface area contributed by atoms with Gasteiger partial charge in [-0.3, -0.25) is 0 Å². The number of carboxylic acid groups (broad SMARTS) is 1. The first kappa shape index (κ1) is 13.4. The predicted molar refractivity (Wildman–Crippen MR) is 81.6 cm³/mol. The van der Waals surface area contributed by atoms with Crippen molar-refractivity contribution in [2.75, 3.05) is 0 Å². The van der Waals surface area contributed by atoms with Crippen molar-refractivity contribution in [1.82, 2.24) is 9.55 Å². The van der Waals surface area contributed by atoms with E-state index in [0.717, 1.165) is 29.8 Å². The topological polar surface area (TPSA) is 55.1 Å². The van der Waals surface area contributed by atoms with Crippen molar-refractivity contribution in [2.24, 2.45) is 0 Å². The van der Waals surface area contributed by atoms with E-state index in [9.17, 15) is 4.79 Å². The molecule has 2 aromatic carbocycles. The van der Waals surface area contributed by atoms with Crippen LogP contribution in [0.5, 0.6) is 0 Å². The van der Waals surface area contributed by atoms with Gasteiger partial charge < -0.3 is 9.67 Å². The molecule has 0 amide bonds. The van der Waals surface area contributed by atoms with Crippen molar-refractivity contribution in [3.05, 3.63) is 65.5 Å². The molecule has 4 heteroatoms. The smallest absolute Gasteiger partial charge is 0.335 e. The first-order valence-corrected chi connectivity index (χ1v) is 6.95. The van der Waals surface area contributed by atoms with Crippen LogP contribution in [0.15, 0.2) is 48.5 Å². The summed E-state index contributed by atoms with van der Waals surface area (Å²) in [6.45, 7) is 2.80. The van der Waals surface area contributed by atoms with Crippen LogP contribution in [-0.4, -0.2) is 20.6 Å². The summed E-state index contributed by atoms with van der Waals surface area (Å²) in [7, 11) is 0. The molecule has 1 N–H and O–H groups in total. The fraction of sp³-hybridized carbons (Fsp3) is 0.176. The summed E-state index contributed by atoms with van der Waals surface area (Å²) in [5.41, 5.74) is 3.19. The molecule has 3 aromatic rings. The first-order valence-electron chi connectivity index (χ1n) is 6.95. The second-order valence-corrected chi connectivity index (χ2v) is 4.96. The summed E-state index contributed by atoms with van der Waals surface area (Å²) in [6, 6.07) is 15.3. The number of nitrogens with zero attached hydrogens (tertiary/aromatic N) is 2. The lowest BCUT2D eigenvalue weighted by molar-refractivity contribution is 0.0697. The molecule has 0 atom stereocenters. The number of rotatable bonds is 4. The number of fused-ring (bicyclic) bond motifs is 1. The number of imidazole rings is 1. The Kier molecular flexibility index (Phi) is 3.44. The summed E-state index contributed by atoms with van der Waals surface area (Å²) in [6.07, 6.45) is 0.809. The molecule has 0 saturated heterocycles. The molecule has 106 valence electrons. The Balaban J connectivity index is 2.10. The SMILES string of the molecule is CCc1nc2cc(C(=O)O)ccc2n1Cc1ccccc1. The van der Waals surface area contributed by atoms with Crippen LogP contribution in [0.4, 0.5) is 0 Å². The number of carboxylic acids is 1. The standard InChI is InChI=1S/C17H16N2O2/c1-2-16-18-14-10-13(17(20)21)8-9-15(14)19(16)11-12-6-4-3-5-7-12/h3-10H,2,11H2,1H3,(H,20,21). The van der Waals surface area contributed by atoms with Crippen molar-refractivity contribution in [1.29, 1.82) is 0 Å². The summed E-state index contributed by atoms with van der Waals surface area (Å²) < 4.78 is 2.15. The van der Waals surface area contributed by atoms with E-state index in [1.807, 2.05) is 24.3 Å². The van der Waals surface area contributed by atoms with Gasteiger partial charge >= 0.3 is 5.97 Å². The summed E-state index contributed by atoms with van der Waals surface area (Å²) in [4.78, 5) is 15.6. The maximum Gasteiger partial charge on any atom is 0.335 e. The average molecular weight is 280 g/mol. The maximum atomic E-state index is 11.1. The van der Waals surface area contributed by atoms with Gasteiger partial charge in [0.1, 0.15) is 5.82 Å². The number of benzene rings is 2. The predicted octanol–water partition coefficient (Wildman–Crippen LogP) is 3.35. The van der Waals surface area contributed by atoms with Crippen LogP contribution in [0.2, 0.25) is 0 Å². The van der Waals surface area contributed by atoms with Crippen LogP contribution in [0.25, 0.3) is 11.0 Å². The second-order valence-electron chi connectivity index (χ2n) is 4.96. The zero-order valence-corrected chi connectivity index (χ0v) is 11.8. The van der Waals surface area contributed by atoms with Crippen molar-refractivity contribution >= 4 is 17.0 Å². The fourth-order valence-corrected chi connectivity index (χ4v) is 2.53. The number of aromatic carboxylic acids is 1. The van der Waals surface area contributed by atoms with Gasteiger partial charge in [-0.2, -0.15) is 0 Å². The summed E-state index contributed by atoms with van der Waals surface area (Å²) in [5, 5.41) is 9.08. The zero-order chi connectivity index (χ0) is 14.8. The van der Waals surface area contributed by atoms with Gasteiger partial charge in [0.05, 0.1) is 16.6 Å². The Labute approximate surface area is 122 Å². The third-order valence-electron chi connectivity index (χ3n) is 3.57. The lowest BCUT2D eigenvalue weighted by Gasteiger charge is -2.08. The number of aromatic nitrogens is 2. The van der Waals surface area contributed by atoms with E-state index in [4.69, 9.17) is 5.11 Å². The molecular weight excluding hydrogens is 264 g/mol. The molecule has 0 saturated carbocycles. The van der Waals surface area contributed by atoms with E-state index in [0.29, 0.717) is 0 Å². The monoisotopic (exact) mass is 280 g/mol. The lowest BCUT2D eigenvalue weighted by atomic mass is 10.2. The fourth-order valence-electron chi connectivity index (χ4n) is 2.53. The Morgan fingerprint density at radius 3 is 2.62 bits per heavy atom. The molecule has 4 nitrogen and oxygen atoms in total. The van der Waals surface area contributed by atoms with E-state index in [1.54, 1.807) is 12.1 Å². The van der Waals surface area contributed by atoms with Gasteiger partial charge in [-0.25, -0.2) is 9.78 Å². The molecule has 1 heterocycles. The molecule has 0 radical (unpaired) electrons. The number of aryl methyl sites for hydroxylation is 1. The first-order chi connectivity index (χ1) is 10.2. The lowest BCUT2D eigenvalue weighted by Crippen LogP contribution is -2.04. The Morgan fingerprint density at radius 1 is 1.19 bits per heavy atom. The highest BCUT2D eigenvalue weighted by atomic mass is 16.4. The van der Waals surface area contributed by atoms with E-state index < -0.39 is 5.97 Å². The molecule has 1 aromatic heterocycles. The molecule has 0 bridgehead atoms. The number of hydrogen-bond donors (Lipinski definition) is 1. The van der Waals surface area contributed by atoms with E-state index in [2.05, 4.69) is 28.6 Å². The molecule has 0 aliphatic carbocycles. The van der Waals surface area contributed by atoms with E-state index in [1.165, 1.54) is 5.56 Å². The van der Waals surface area contributed by atoms with Crippen molar-refractivity contribution in [3.63, 3.8) is 0 Å². The Hall–Kier alpha value is -2.62. The molecular formula is C17H16N2O2. The van der Waals surface area contributed by atoms with Crippen LogP contribution in [0.1, 0.15) is 28.7 Å². The van der Waals surface area contributed by atoms with Crippen molar-refractivity contribution in [3.8, 4) is 0 Å². The van der Waals surface area contributed by atoms with Gasteiger partial charge in [0.15, 0.2) is 0 Å². The third-order valence-corrected chi connectivity index (χ3v) is 3.57. The van der Waals surface area contributed by atoms with E-state index >= 15 is 0 Å². The van der Waals surface area contributed by atoms with Gasteiger partial charge in [-0.15, -0.1) is 0 Å². The van der Waals surface area contributed by atoms with Crippen LogP contribution in [-0.2, 0) is 13.0 Å². The number of hydrogen-bond acceptors (Lipinski definition) is 2. The minimum atomic E-state index is -0.924. The summed E-state index contributed by atoms with van der Waals surface area (Å²) in [5.74, 6) is 0.0453. The van der Waals surface area contributed by atoms with Crippen LogP contribution < -0.4 is 0 Å². The molecule has 0 aliphatic rings. The van der Waals surface area contributed by atoms with Gasteiger partial charge in [0, 0.05) is 13.0 Å². The van der Waals surface area contributed by atoms with Crippen molar-refractivity contribution < 1.29 is 9.90 Å². The highest BCUT2D eigenvalue weighted by Gasteiger charge is 2.12. The molecule has 0 unspecified atom stereocenters. The highest BCUT2D eigenvalue weighted by molar-refractivity contribution is 5.92. The molecule has 3 rings (SSSR count). The van der Waals surface area contributed by atoms with Gasteiger partial charge in [-0.05, 0) is 23.8 Å². The van der Waals surface area contributed by atoms with Gasteiger partial charge in [0.2, 0.25) is 0 Å². The number of carbonyl (C=O) groups is 1. The van der Waals surface area contributed by atoms with Gasteiger partial charge in [-0.1, -0.05) is 37.3 Å². The minimum Gasteiger partial charge on any atom is -0.478 e.